The van der Waals surface area contributed by atoms with E-state index in [4.69, 9.17) is 4.74 Å². The highest BCUT2D eigenvalue weighted by Crippen LogP contribution is 2.10. The molecule has 3 nitrogen and oxygen atoms in total. The Kier molecular flexibility index (Phi) is 5.97. The largest absolute Gasteiger partial charge is 0.495 e. The van der Waals surface area contributed by atoms with Crippen molar-refractivity contribution in [1.29, 1.82) is 0 Å². The maximum Gasteiger partial charge on any atom is 0.141 e. The maximum atomic E-state index is 5.06. The third kappa shape index (κ3) is 3.91. The third-order valence-electron chi connectivity index (χ3n) is 1.23. The first kappa shape index (κ1) is 10.9. The van der Waals surface area contributed by atoms with Gasteiger partial charge in [-0.05, 0) is 19.4 Å². The SMILES string of the molecule is C=C(N=NCC)/C(=C\CC)OC. The predicted molar refractivity (Wildman–Crippen MR) is 49.9 cm³/mol. The Hall–Kier alpha value is -1.12. The zero-order valence-corrected chi connectivity index (χ0v) is 8.00. The summed E-state index contributed by atoms with van der Waals surface area (Å²) < 4.78 is 5.06. The average molecular weight is 168 g/mol. The van der Waals surface area contributed by atoms with Gasteiger partial charge in [-0.1, -0.05) is 13.5 Å². The number of azo groups is 1. The van der Waals surface area contributed by atoms with Crippen molar-refractivity contribution in [3.63, 3.8) is 0 Å². The van der Waals surface area contributed by atoms with Gasteiger partial charge in [-0.3, -0.25) is 0 Å². The van der Waals surface area contributed by atoms with E-state index in [9.17, 15) is 0 Å². The molecule has 0 spiro atoms. The lowest BCUT2D eigenvalue weighted by atomic mass is 10.3. The summed E-state index contributed by atoms with van der Waals surface area (Å²) in [5.74, 6) is 0.703. The quantitative estimate of drug-likeness (QED) is 0.353. The predicted octanol–water partition coefficient (Wildman–Crippen LogP) is 2.91. The molecule has 12 heavy (non-hydrogen) atoms. The highest BCUT2D eigenvalue weighted by Gasteiger charge is 1.98. The van der Waals surface area contributed by atoms with E-state index in [-0.39, 0.29) is 0 Å². The van der Waals surface area contributed by atoms with Crippen LogP contribution >= 0.6 is 0 Å². The van der Waals surface area contributed by atoms with Crippen molar-refractivity contribution in [3.8, 4) is 0 Å². The van der Waals surface area contributed by atoms with Crippen LogP contribution in [0.4, 0.5) is 0 Å². The summed E-state index contributed by atoms with van der Waals surface area (Å²) in [5.41, 5.74) is 0.584. The normalized spacial score (nSPS) is 12.1. The molecule has 0 saturated heterocycles. The van der Waals surface area contributed by atoms with E-state index in [0.29, 0.717) is 18.0 Å². The fraction of sp³-hybridized carbons (Fsp3) is 0.556. The molecule has 0 fully saturated rings. The van der Waals surface area contributed by atoms with Gasteiger partial charge in [0.1, 0.15) is 11.5 Å². The molecule has 0 aliphatic rings. The first-order chi connectivity index (χ1) is 5.76. The molecule has 68 valence electrons. The second kappa shape index (κ2) is 6.58. The summed E-state index contributed by atoms with van der Waals surface area (Å²) in [6.07, 6.45) is 2.83. The second-order valence-corrected chi connectivity index (χ2v) is 2.19. The van der Waals surface area contributed by atoms with E-state index in [1.54, 1.807) is 7.11 Å². The summed E-state index contributed by atoms with van der Waals surface area (Å²) in [6, 6.07) is 0. The molecule has 3 heteroatoms. The van der Waals surface area contributed by atoms with E-state index < -0.39 is 0 Å². The lowest BCUT2D eigenvalue weighted by Crippen LogP contribution is -1.88. The van der Waals surface area contributed by atoms with Crippen molar-refractivity contribution in [3.05, 3.63) is 24.1 Å². The summed E-state index contributed by atoms with van der Waals surface area (Å²) in [5, 5.41) is 7.70. The van der Waals surface area contributed by atoms with Crippen LogP contribution in [0.3, 0.4) is 0 Å². The standard InChI is InChI=1S/C9H16N2O/c1-5-7-9(12-4)8(3)11-10-6-2/h7H,3,5-6H2,1-2,4H3/b9-7+,11-10?. The fourth-order valence-corrected chi connectivity index (χ4v) is 0.710. The molecule has 0 heterocycles. The van der Waals surface area contributed by atoms with Gasteiger partial charge in [-0.15, -0.1) is 0 Å². The summed E-state index contributed by atoms with van der Waals surface area (Å²) in [7, 11) is 1.61. The van der Waals surface area contributed by atoms with E-state index in [2.05, 4.69) is 16.8 Å². The van der Waals surface area contributed by atoms with Crippen LogP contribution < -0.4 is 0 Å². The van der Waals surface area contributed by atoms with Gasteiger partial charge in [0.25, 0.3) is 0 Å². The number of hydrogen-bond acceptors (Lipinski definition) is 3. The minimum atomic E-state index is 0.584. The van der Waals surface area contributed by atoms with Crippen LogP contribution in [0.15, 0.2) is 34.3 Å². The fourth-order valence-electron chi connectivity index (χ4n) is 0.710. The Bertz CT molecular complexity index is 195. The maximum absolute atomic E-state index is 5.06. The second-order valence-electron chi connectivity index (χ2n) is 2.19. The molecule has 0 unspecified atom stereocenters. The molecule has 0 radical (unpaired) electrons. The van der Waals surface area contributed by atoms with Gasteiger partial charge in [-0.25, -0.2) is 0 Å². The van der Waals surface area contributed by atoms with Crippen molar-refractivity contribution in [2.45, 2.75) is 20.3 Å². The highest BCUT2D eigenvalue weighted by molar-refractivity contribution is 5.20. The molecular weight excluding hydrogens is 152 g/mol. The van der Waals surface area contributed by atoms with Crippen molar-refractivity contribution >= 4 is 0 Å². The molecule has 0 rings (SSSR count). The van der Waals surface area contributed by atoms with Crippen LogP contribution in [-0.2, 0) is 4.74 Å². The van der Waals surface area contributed by atoms with Gasteiger partial charge in [0.15, 0.2) is 0 Å². The number of hydrogen-bond donors (Lipinski definition) is 0. The van der Waals surface area contributed by atoms with Crippen LogP contribution in [0.1, 0.15) is 20.3 Å². The molecule has 0 N–H and O–H groups in total. The Labute approximate surface area is 73.8 Å². The van der Waals surface area contributed by atoms with Crippen molar-refractivity contribution in [2.24, 2.45) is 10.2 Å². The summed E-state index contributed by atoms with van der Waals surface area (Å²) in [6.45, 7) is 8.35. The summed E-state index contributed by atoms with van der Waals surface area (Å²) >= 11 is 0. The van der Waals surface area contributed by atoms with Gasteiger partial charge < -0.3 is 4.74 Å². The Morgan fingerprint density at radius 3 is 2.58 bits per heavy atom. The van der Waals surface area contributed by atoms with Crippen LogP contribution in [0.25, 0.3) is 0 Å². The monoisotopic (exact) mass is 168 g/mol. The third-order valence-corrected chi connectivity index (χ3v) is 1.23. The number of rotatable bonds is 5. The Morgan fingerprint density at radius 2 is 2.17 bits per heavy atom. The van der Waals surface area contributed by atoms with Crippen molar-refractivity contribution < 1.29 is 4.74 Å². The average Bonchev–Trinajstić information content (AvgIpc) is 2.10. The van der Waals surface area contributed by atoms with Crippen LogP contribution in [0, 0.1) is 0 Å². The Balaban J connectivity index is 4.22. The molecule has 0 amide bonds. The summed E-state index contributed by atoms with van der Waals surface area (Å²) in [4.78, 5) is 0. The zero-order chi connectivity index (χ0) is 9.40. The minimum Gasteiger partial charge on any atom is -0.495 e. The van der Waals surface area contributed by atoms with Gasteiger partial charge in [-0.2, -0.15) is 10.2 Å². The molecular formula is C9H16N2O. The first-order valence-corrected chi connectivity index (χ1v) is 4.07. The number of nitrogens with zero attached hydrogens (tertiary/aromatic N) is 2. The Morgan fingerprint density at radius 1 is 1.50 bits per heavy atom. The molecule has 0 bridgehead atoms. The highest BCUT2D eigenvalue weighted by atomic mass is 16.5. The van der Waals surface area contributed by atoms with E-state index in [1.807, 2.05) is 19.9 Å². The smallest absolute Gasteiger partial charge is 0.141 e. The van der Waals surface area contributed by atoms with E-state index >= 15 is 0 Å². The lowest BCUT2D eigenvalue weighted by Gasteiger charge is -2.02. The van der Waals surface area contributed by atoms with Gasteiger partial charge in [0.2, 0.25) is 0 Å². The number of allylic oxidation sites excluding steroid dienone is 1. The molecule has 0 saturated carbocycles. The molecule has 0 aromatic heterocycles. The van der Waals surface area contributed by atoms with Crippen LogP contribution in [-0.4, -0.2) is 13.7 Å². The van der Waals surface area contributed by atoms with Gasteiger partial charge in [0.05, 0.1) is 13.7 Å². The molecule has 0 aliphatic carbocycles. The van der Waals surface area contributed by atoms with Gasteiger partial charge in [0, 0.05) is 0 Å². The number of methoxy groups -OCH3 is 1. The van der Waals surface area contributed by atoms with Crippen molar-refractivity contribution in [2.75, 3.05) is 13.7 Å². The number of ether oxygens (including phenoxy) is 1. The molecule has 0 atom stereocenters. The van der Waals surface area contributed by atoms with Gasteiger partial charge >= 0.3 is 0 Å². The lowest BCUT2D eigenvalue weighted by molar-refractivity contribution is 0.298. The molecule has 0 aromatic rings. The van der Waals surface area contributed by atoms with Crippen LogP contribution in [0.5, 0.6) is 0 Å². The van der Waals surface area contributed by atoms with E-state index in [1.165, 1.54) is 0 Å². The van der Waals surface area contributed by atoms with Crippen molar-refractivity contribution in [1.82, 2.24) is 0 Å². The molecule has 0 aliphatic heterocycles. The zero-order valence-electron chi connectivity index (χ0n) is 8.00. The molecule has 0 aromatic carbocycles. The first-order valence-electron chi connectivity index (χ1n) is 4.07. The topological polar surface area (TPSA) is 34.0 Å². The minimum absolute atomic E-state index is 0.584. The van der Waals surface area contributed by atoms with Crippen LogP contribution in [0.2, 0.25) is 0 Å². The van der Waals surface area contributed by atoms with E-state index in [0.717, 1.165) is 6.42 Å².